The Morgan fingerprint density at radius 3 is 3.12 bits per heavy atom. The Hall–Kier alpha value is -2.83. The van der Waals surface area contributed by atoms with Crippen molar-refractivity contribution in [3.05, 3.63) is 35.5 Å². The van der Waals surface area contributed by atoms with E-state index in [1.165, 1.54) is 0 Å². The Labute approximate surface area is 150 Å². The molecule has 2 aliphatic rings. The molecule has 8 nitrogen and oxygen atoms in total. The number of nitrogens with two attached hydrogens (primary N) is 1. The fourth-order valence-corrected chi connectivity index (χ4v) is 3.69. The van der Waals surface area contributed by atoms with Crippen molar-refractivity contribution in [1.82, 2.24) is 9.78 Å². The van der Waals surface area contributed by atoms with E-state index in [0.29, 0.717) is 12.4 Å². The molecule has 0 bridgehead atoms. The molecule has 132 valence electrons. The largest absolute Gasteiger partial charge is 0.491 e. The van der Waals surface area contributed by atoms with Crippen LogP contribution in [0.2, 0.25) is 0 Å². The average Bonchev–Trinajstić information content (AvgIpc) is 3.33. The van der Waals surface area contributed by atoms with E-state index in [0.717, 1.165) is 36.0 Å². The van der Waals surface area contributed by atoms with Crippen LogP contribution in [0.15, 0.2) is 24.4 Å². The quantitative estimate of drug-likeness (QED) is 0.700. The van der Waals surface area contributed by atoms with Crippen molar-refractivity contribution in [2.24, 2.45) is 11.7 Å². The van der Waals surface area contributed by atoms with Gasteiger partial charge in [-0.15, -0.1) is 0 Å². The smallest absolute Gasteiger partial charge is 0.423 e. The molecule has 26 heavy (non-hydrogen) atoms. The summed E-state index contributed by atoms with van der Waals surface area (Å²) in [7, 11) is -0.898. The summed E-state index contributed by atoms with van der Waals surface area (Å²) in [6.45, 7) is 0.328. The number of primary amides is 1. The van der Waals surface area contributed by atoms with Crippen LogP contribution in [0.1, 0.15) is 41.2 Å². The summed E-state index contributed by atoms with van der Waals surface area (Å²) in [4.78, 5) is 11.8. The highest BCUT2D eigenvalue weighted by molar-refractivity contribution is 6.61. The van der Waals surface area contributed by atoms with Crippen LogP contribution in [0.25, 0.3) is 0 Å². The molecule has 1 aromatic carbocycles. The number of benzene rings is 1. The maximum absolute atomic E-state index is 11.8. The summed E-state index contributed by atoms with van der Waals surface area (Å²) >= 11 is 0. The molecular formula is C17H18BN5O3. The minimum atomic E-state index is -0.898. The number of nitriles is 1. The number of aromatic nitrogens is 2. The zero-order valence-corrected chi connectivity index (χ0v) is 14.1. The Balaban J connectivity index is 1.64. The summed E-state index contributed by atoms with van der Waals surface area (Å²) in [6, 6.07) is 7.69. The van der Waals surface area contributed by atoms with Gasteiger partial charge in [-0.25, -0.2) is 0 Å². The van der Waals surface area contributed by atoms with Crippen molar-refractivity contribution in [1.29, 1.82) is 5.26 Å². The summed E-state index contributed by atoms with van der Waals surface area (Å²) in [5, 5.41) is 26.6. The Morgan fingerprint density at radius 1 is 1.50 bits per heavy atom. The first-order valence-corrected chi connectivity index (χ1v) is 8.55. The lowest BCUT2D eigenvalue weighted by molar-refractivity contribution is 0.100. The minimum Gasteiger partial charge on any atom is -0.423 e. The maximum atomic E-state index is 11.8. The third kappa shape index (κ3) is 2.83. The molecule has 0 unspecified atom stereocenters. The molecule has 2 heterocycles. The highest BCUT2D eigenvalue weighted by Gasteiger charge is 2.31. The minimum absolute atomic E-state index is 0.0442. The Morgan fingerprint density at radius 2 is 2.35 bits per heavy atom. The summed E-state index contributed by atoms with van der Waals surface area (Å²) in [5.74, 6) is -0.326. The van der Waals surface area contributed by atoms with Crippen molar-refractivity contribution in [2.75, 3.05) is 5.32 Å². The molecule has 1 amide bonds. The standard InChI is InChI=1S/C17H18BN5O3/c19-7-10-2-1-3-15(10)23-8-13(16(20)24)17(22-23)21-12-4-5-14-11(6-12)9-26-18(14)25/h4-6,8,10,15,25H,1-3,9H2,(H2,20,24)(H,21,22)/t10-,15+/m0/s1. The van der Waals surface area contributed by atoms with E-state index in [1.807, 2.05) is 6.07 Å². The van der Waals surface area contributed by atoms with E-state index >= 15 is 0 Å². The van der Waals surface area contributed by atoms with Gasteiger partial charge in [0.1, 0.15) is 5.56 Å². The molecule has 4 rings (SSSR count). The molecule has 9 heteroatoms. The van der Waals surface area contributed by atoms with Gasteiger partial charge in [-0.2, -0.15) is 10.4 Å². The number of amides is 1. The topological polar surface area (TPSA) is 126 Å². The molecule has 2 aromatic rings. The fourth-order valence-electron chi connectivity index (χ4n) is 3.69. The molecule has 2 atom stereocenters. The molecule has 1 saturated carbocycles. The number of carbonyl (C=O) groups excluding carboxylic acids is 1. The van der Waals surface area contributed by atoms with Gasteiger partial charge in [-0.3, -0.25) is 9.48 Å². The molecule has 0 saturated heterocycles. The van der Waals surface area contributed by atoms with Gasteiger partial charge in [0.25, 0.3) is 5.91 Å². The zero-order valence-electron chi connectivity index (χ0n) is 14.1. The number of carbonyl (C=O) groups is 1. The second-order valence-electron chi connectivity index (χ2n) is 6.67. The molecule has 1 aliphatic carbocycles. The number of hydrogen-bond acceptors (Lipinski definition) is 6. The van der Waals surface area contributed by atoms with Gasteiger partial charge in [0.15, 0.2) is 5.82 Å². The van der Waals surface area contributed by atoms with Crippen molar-refractivity contribution in [2.45, 2.75) is 31.9 Å². The van der Waals surface area contributed by atoms with Crippen molar-refractivity contribution in [3.63, 3.8) is 0 Å². The first-order valence-electron chi connectivity index (χ1n) is 8.55. The van der Waals surface area contributed by atoms with Crippen LogP contribution in [0.3, 0.4) is 0 Å². The lowest BCUT2D eigenvalue weighted by Crippen LogP contribution is -2.27. The third-order valence-corrected chi connectivity index (χ3v) is 5.05. The lowest BCUT2D eigenvalue weighted by Gasteiger charge is -2.13. The molecule has 1 aromatic heterocycles. The SMILES string of the molecule is N#C[C@@H]1CCC[C@H]1n1cc(C(N)=O)c(Nc2ccc3c(c2)COB3O)n1. The normalized spacial score (nSPS) is 21.5. The number of hydrogen-bond donors (Lipinski definition) is 3. The van der Waals surface area contributed by atoms with Gasteiger partial charge in [0, 0.05) is 11.9 Å². The van der Waals surface area contributed by atoms with E-state index in [4.69, 9.17) is 10.4 Å². The predicted molar refractivity (Wildman–Crippen MR) is 94.9 cm³/mol. The first kappa shape index (κ1) is 16.6. The monoisotopic (exact) mass is 351 g/mol. The van der Waals surface area contributed by atoms with Gasteiger partial charge in [-0.05, 0) is 42.4 Å². The van der Waals surface area contributed by atoms with E-state index in [-0.39, 0.29) is 17.5 Å². The van der Waals surface area contributed by atoms with E-state index in [2.05, 4.69) is 16.5 Å². The molecule has 0 radical (unpaired) electrons. The van der Waals surface area contributed by atoms with Gasteiger partial charge >= 0.3 is 7.12 Å². The van der Waals surface area contributed by atoms with Crippen molar-refractivity contribution >= 4 is 30.0 Å². The molecule has 1 fully saturated rings. The first-order chi connectivity index (χ1) is 12.6. The van der Waals surface area contributed by atoms with Crippen molar-refractivity contribution < 1.29 is 14.5 Å². The predicted octanol–water partition coefficient (Wildman–Crippen LogP) is 0.808. The third-order valence-electron chi connectivity index (χ3n) is 5.05. The van der Waals surface area contributed by atoms with E-state index < -0.39 is 13.0 Å². The van der Waals surface area contributed by atoms with E-state index in [1.54, 1.807) is 23.0 Å². The average molecular weight is 351 g/mol. The van der Waals surface area contributed by atoms with Crippen LogP contribution in [-0.4, -0.2) is 27.8 Å². The summed E-state index contributed by atoms with van der Waals surface area (Å²) in [5.41, 5.74) is 8.12. The van der Waals surface area contributed by atoms with Crippen LogP contribution in [0.5, 0.6) is 0 Å². The molecule has 1 aliphatic heterocycles. The number of nitrogens with one attached hydrogen (secondary N) is 1. The van der Waals surface area contributed by atoms with Gasteiger partial charge in [0.2, 0.25) is 0 Å². The fraction of sp³-hybridized carbons (Fsp3) is 0.353. The maximum Gasteiger partial charge on any atom is 0.491 e. The van der Waals surface area contributed by atoms with Gasteiger partial charge in [0.05, 0.1) is 24.6 Å². The summed E-state index contributed by atoms with van der Waals surface area (Å²) < 4.78 is 6.87. The molecule has 0 spiro atoms. The van der Waals surface area contributed by atoms with Crippen LogP contribution in [0.4, 0.5) is 11.5 Å². The second-order valence-corrected chi connectivity index (χ2v) is 6.67. The number of rotatable bonds is 4. The summed E-state index contributed by atoms with van der Waals surface area (Å²) in [6.07, 6.45) is 4.27. The van der Waals surface area contributed by atoms with Crippen LogP contribution in [-0.2, 0) is 11.3 Å². The number of anilines is 2. The molecular weight excluding hydrogens is 333 g/mol. The van der Waals surface area contributed by atoms with Crippen molar-refractivity contribution in [3.8, 4) is 6.07 Å². The molecule has 4 N–H and O–H groups in total. The zero-order chi connectivity index (χ0) is 18.3. The van der Waals surface area contributed by atoms with Gasteiger partial charge in [-0.1, -0.05) is 6.07 Å². The highest BCUT2D eigenvalue weighted by atomic mass is 16.5. The number of nitrogens with zero attached hydrogens (tertiary/aromatic N) is 3. The highest BCUT2D eigenvalue weighted by Crippen LogP contribution is 2.36. The number of fused-ring (bicyclic) bond motifs is 1. The van der Waals surface area contributed by atoms with Crippen LogP contribution in [0, 0.1) is 17.2 Å². The Bertz CT molecular complexity index is 906. The van der Waals surface area contributed by atoms with E-state index in [9.17, 15) is 15.1 Å². The lowest BCUT2D eigenvalue weighted by atomic mass is 9.79. The Kier molecular flexibility index (Phi) is 4.14. The van der Waals surface area contributed by atoms with Crippen LogP contribution < -0.4 is 16.5 Å². The van der Waals surface area contributed by atoms with Crippen LogP contribution >= 0.6 is 0 Å². The van der Waals surface area contributed by atoms with Gasteiger partial charge < -0.3 is 20.7 Å². The second kappa shape index (κ2) is 6.48.